The summed E-state index contributed by atoms with van der Waals surface area (Å²) in [6, 6.07) is -0.0311. The van der Waals surface area contributed by atoms with Gasteiger partial charge in [0.05, 0.1) is 25.2 Å². The zero-order chi connectivity index (χ0) is 12.4. The summed E-state index contributed by atoms with van der Waals surface area (Å²) in [6.07, 6.45) is 2.87. The highest BCUT2D eigenvalue weighted by molar-refractivity contribution is 5.70. The van der Waals surface area contributed by atoms with Gasteiger partial charge in [-0.05, 0) is 13.3 Å². The van der Waals surface area contributed by atoms with Crippen LogP contribution in [-0.2, 0) is 0 Å². The number of hydrogen-bond acceptors (Lipinski definition) is 6. The average molecular weight is 237 g/mol. The number of rotatable bonds is 4. The molecule has 2 heterocycles. The lowest BCUT2D eigenvalue weighted by molar-refractivity contribution is 0.0777. The first-order valence-electron chi connectivity index (χ1n) is 5.35. The van der Waals surface area contributed by atoms with Gasteiger partial charge in [0.1, 0.15) is 5.52 Å². The average Bonchev–Trinajstić information content (AvgIpc) is 2.71. The Kier molecular flexibility index (Phi) is 3.21. The summed E-state index contributed by atoms with van der Waals surface area (Å²) >= 11 is 0. The van der Waals surface area contributed by atoms with Gasteiger partial charge in [0.2, 0.25) is 5.95 Å². The number of aliphatic hydroxyl groups is 2. The molecular weight excluding hydrogens is 222 g/mol. The first kappa shape index (κ1) is 11.7. The molecule has 2 rings (SSSR count). The van der Waals surface area contributed by atoms with Crippen molar-refractivity contribution in [2.45, 2.75) is 25.5 Å². The van der Waals surface area contributed by atoms with E-state index in [0.717, 1.165) is 0 Å². The van der Waals surface area contributed by atoms with Crippen molar-refractivity contribution >= 4 is 17.1 Å². The predicted octanol–water partition coefficient (Wildman–Crippen LogP) is -0.287. The molecule has 0 radical (unpaired) electrons. The number of aromatic nitrogens is 4. The number of nitrogen functional groups attached to an aromatic ring is 1. The Bertz CT molecular complexity index is 512. The van der Waals surface area contributed by atoms with Gasteiger partial charge in [-0.3, -0.25) is 0 Å². The highest BCUT2D eigenvalue weighted by Gasteiger charge is 2.14. The fourth-order valence-corrected chi connectivity index (χ4v) is 1.74. The van der Waals surface area contributed by atoms with E-state index in [4.69, 9.17) is 10.8 Å². The number of fused-ring (bicyclic) bond motifs is 1. The van der Waals surface area contributed by atoms with Gasteiger partial charge in [-0.15, -0.1) is 0 Å². The van der Waals surface area contributed by atoms with Crippen LogP contribution in [0.4, 0.5) is 5.95 Å². The lowest BCUT2D eigenvalue weighted by Gasteiger charge is -2.16. The number of hydrogen-bond donors (Lipinski definition) is 3. The van der Waals surface area contributed by atoms with Crippen molar-refractivity contribution in [2.24, 2.45) is 0 Å². The molecule has 0 bridgehead atoms. The Hall–Kier alpha value is -1.73. The Morgan fingerprint density at radius 3 is 2.94 bits per heavy atom. The summed E-state index contributed by atoms with van der Waals surface area (Å²) in [4.78, 5) is 12.1. The van der Waals surface area contributed by atoms with Crippen LogP contribution >= 0.6 is 0 Å². The van der Waals surface area contributed by atoms with Crippen LogP contribution < -0.4 is 5.73 Å². The minimum Gasteiger partial charge on any atom is -0.394 e. The third kappa shape index (κ3) is 2.34. The third-order valence-corrected chi connectivity index (χ3v) is 2.63. The summed E-state index contributed by atoms with van der Waals surface area (Å²) in [6.45, 7) is 1.66. The monoisotopic (exact) mass is 237 g/mol. The first-order chi connectivity index (χ1) is 8.11. The van der Waals surface area contributed by atoms with Crippen LogP contribution in [0.15, 0.2) is 12.5 Å². The maximum atomic E-state index is 9.41. The van der Waals surface area contributed by atoms with E-state index in [1.54, 1.807) is 12.5 Å². The molecule has 17 heavy (non-hydrogen) atoms. The van der Waals surface area contributed by atoms with Crippen molar-refractivity contribution < 1.29 is 10.2 Å². The molecule has 0 aliphatic rings. The lowest BCUT2D eigenvalue weighted by atomic mass is 10.1. The molecule has 0 saturated carbocycles. The van der Waals surface area contributed by atoms with Crippen LogP contribution in [-0.4, -0.2) is 42.4 Å². The maximum Gasteiger partial charge on any atom is 0.222 e. The first-order valence-corrected chi connectivity index (χ1v) is 5.35. The number of anilines is 1. The highest BCUT2D eigenvalue weighted by atomic mass is 16.3. The molecule has 2 aromatic heterocycles. The van der Waals surface area contributed by atoms with Gasteiger partial charge in [0.15, 0.2) is 5.65 Å². The molecule has 92 valence electrons. The Morgan fingerprint density at radius 1 is 1.47 bits per heavy atom. The summed E-state index contributed by atoms with van der Waals surface area (Å²) in [5.74, 6) is 0.189. The van der Waals surface area contributed by atoms with E-state index in [1.165, 1.54) is 0 Å². The number of imidazole rings is 1. The van der Waals surface area contributed by atoms with Crippen molar-refractivity contribution in [2.75, 3.05) is 12.3 Å². The fraction of sp³-hybridized carbons (Fsp3) is 0.500. The molecule has 2 atom stereocenters. The molecule has 0 saturated heterocycles. The summed E-state index contributed by atoms with van der Waals surface area (Å²) < 4.78 is 1.81. The van der Waals surface area contributed by atoms with E-state index in [1.807, 2.05) is 11.5 Å². The topological polar surface area (TPSA) is 110 Å². The zero-order valence-corrected chi connectivity index (χ0v) is 9.48. The van der Waals surface area contributed by atoms with Crippen molar-refractivity contribution in [1.82, 2.24) is 19.5 Å². The van der Waals surface area contributed by atoms with E-state index < -0.39 is 6.10 Å². The molecule has 2 aromatic rings. The molecule has 0 aliphatic carbocycles. The highest BCUT2D eigenvalue weighted by Crippen LogP contribution is 2.19. The quantitative estimate of drug-likeness (QED) is 0.674. The number of aliphatic hydroxyl groups excluding tert-OH is 2. The molecule has 0 fully saturated rings. The van der Waals surface area contributed by atoms with Gasteiger partial charge in [-0.1, -0.05) is 0 Å². The van der Waals surface area contributed by atoms with Crippen molar-refractivity contribution in [3.05, 3.63) is 12.5 Å². The molecular formula is C10H15N5O2. The third-order valence-electron chi connectivity index (χ3n) is 2.63. The van der Waals surface area contributed by atoms with Crippen LogP contribution in [0.1, 0.15) is 19.4 Å². The largest absolute Gasteiger partial charge is 0.394 e. The van der Waals surface area contributed by atoms with Crippen molar-refractivity contribution in [3.63, 3.8) is 0 Å². The molecule has 4 N–H and O–H groups in total. The van der Waals surface area contributed by atoms with E-state index in [0.29, 0.717) is 17.6 Å². The molecule has 0 aromatic carbocycles. The SMILES string of the molecule is CC(CC(O)CO)n1cnc2cnc(N)nc21. The lowest BCUT2D eigenvalue weighted by Crippen LogP contribution is -2.18. The second kappa shape index (κ2) is 4.64. The molecule has 0 spiro atoms. The number of nitrogens with two attached hydrogens (primary N) is 1. The van der Waals surface area contributed by atoms with Gasteiger partial charge in [-0.2, -0.15) is 4.98 Å². The smallest absolute Gasteiger partial charge is 0.222 e. The molecule has 7 heteroatoms. The predicted molar refractivity (Wildman–Crippen MR) is 62.2 cm³/mol. The van der Waals surface area contributed by atoms with Crippen LogP contribution in [0.2, 0.25) is 0 Å². The molecule has 0 aliphatic heterocycles. The van der Waals surface area contributed by atoms with Gasteiger partial charge < -0.3 is 20.5 Å². The van der Waals surface area contributed by atoms with Crippen molar-refractivity contribution in [1.29, 1.82) is 0 Å². The van der Waals surface area contributed by atoms with Gasteiger partial charge in [-0.25, -0.2) is 9.97 Å². The molecule has 7 nitrogen and oxygen atoms in total. The second-order valence-corrected chi connectivity index (χ2v) is 4.01. The van der Waals surface area contributed by atoms with Crippen LogP contribution in [0, 0.1) is 0 Å². The van der Waals surface area contributed by atoms with Gasteiger partial charge in [0.25, 0.3) is 0 Å². The van der Waals surface area contributed by atoms with E-state index >= 15 is 0 Å². The Balaban J connectivity index is 2.31. The molecule has 0 amide bonds. The maximum absolute atomic E-state index is 9.41. The van der Waals surface area contributed by atoms with Crippen LogP contribution in [0.5, 0.6) is 0 Å². The normalized spacial score (nSPS) is 15.0. The summed E-state index contributed by atoms with van der Waals surface area (Å²) in [5, 5.41) is 18.2. The van der Waals surface area contributed by atoms with Crippen molar-refractivity contribution in [3.8, 4) is 0 Å². The summed E-state index contributed by atoms with van der Waals surface area (Å²) in [7, 11) is 0. The van der Waals surface area contributed by atoms with Gasteiger partial charge in [0, 0.05) is 6.04 Å². The zero-order valence-electron chi connectivity index (χ0n) is 9.48. The standard InChI is InChI=1S/C10H15N5O2/c1-6(2-7(17)4-16)15-5-13-8-3-12-10(11)14-9(8)15/h3,5-7,16-17H,2,4H2,1H3,(H2,11,12,14). The van der Waals surface area contributed by atoms with Crippen LogP contribution in [0.25, 0.3) is 11.2 Å². The minimum absolute atomic E-state index is 0.0311. The second-order valence-electron chi connectivity index (χ2n) is 4.01. The van der Waals surface area contributed by atoms with E-state index in [-0.39, 0.29) is 18.6 Å². The van der Waals surface area contributed by atoms with Gasteiger partial charge >= 0.3 is 0 Å². The summed E-state index contributed by atoms with van der Waals surface area (Å²) in [5.41, 5.74) is 6.82. The molecule has 2 unspecified atom stereocenters. The van der Waals surface area contributed by atoms with Crippen LogP contribution in [0.3, 0.4) is 0 Å². The number of nitrogens with zero attached hydrogens (tertiary/aromatic N) is 4. The van der Waals surface area contributed by atoms with E-state index in [9.17, 15) is 5.11 Å². The van der Waals surface area contributed by atoms with E-state index in [2.05, 4.69) is 15.0 Å². The Morgan fingerprint density at radius 2 is 2.24 bits per heavy atom. The fourth-order valence-electron chi connectivity index (χ4n) is 1.74. The Labute approximate surface area is 97.9 Å². The minimum atomic E-state index is -0.748.